The van der Waals surface area contributed by atoms with Gasteiger partial charge in [0, 0.05) is 40.5 Å². The summed E-state index contributed by atoms with van der Waals surface area (Å²) in [5.74, 6) is -0.531. The Kier molecular flexibility index (Phi) is 4.14. The maximum atomic E-state index is 12.1. The van der Waals surface area contributed by atoms with Crippen LogP contribution in [0.5, 0.6) is 0 Å². The molecule has 5 nitrogen and oxygen atoms in total. The Morgan fingerprint density at radius 3 is 2.68 bits per heavy atom. The van der Waals surface area contributed by atoms with Crippen molar-refractivity contribution in [1.82, 2.24) is 9.97 Å². The van der Waals surface area contributed by atoms with Crippen molar-refractivity contribution < 1.29 is 9.59 Å². The Labute approximate surface area is 145 Å². The van der Waals surface area contributed by atoms with E-state index >= 15 is 0 Å². The van der Waals surface area contributed by atoms with E-state index in [-0.39, 0.29) is 0 Å². The van der Waals surface area contributed by atoms with Gasteiger partial charge in [0.05, 0.1) is 11.4 Å². The average molecular weight is 335 g/mol. The zero-order valence-corrected chi connectivity index (χ0v) is 14.0. The molecule has 3 N–H and O–H groups in total. The molecule has 2 heterocycles. The molecule has 5 heteroatoms. The largest absolute Gasteiger partial charge is 0.381 e. The van der Waals surface area contributed by atoms with Crippen LogP contribution < -0.4 is 5.32 Å². The van der Waals surface area contributed by atoms with Crippen LogP contribution >= 0.6 is 0 Å². The van der Waals surface area contributed by atoms with Crippen LogP contribution in [0.3, 0.4) is 0 Å². The van der Waals surface area contributed by atoms with E-state index in [2.05, 4.69) is 15.3 Å². The number of Topliss-reactive ketones (excluding diaryl/α,β-unsaturated/α-hetero) is 1. The number of hydrogen-bond acceptors (Lipinski definition) is 3. The first-order valence-corrected chi connectivity index (χ1v) is 8.82. The van der Waals surface area contributed by atoms with Gasteiger partial charge in [-0.15, -0.1) is 0 Å². The van der Waals surface area contributed by atoms with Crippen LogP contribution in [0.4, 0.5) is 5.69 Å². The lowest BCUT2D eigenvalue weighted by Crippen LogP contribution is -2.22. The Morgan fingerprint density at radius 2 is 1.88 bits per heavy atom. The molecule has 4 rings (SSSR count). The molecule has 1 aromatic carbocycles. The number of hydrogen-bond donors (Lipinski definition) is 3. The molecule has 128 valence electrons. The van der Waals surface area contributed by atoms with Gasteiger partial charge in [0.15, 0.2) is 6.29 Å². The summed E-state index contributed by atoms with van der Waals surface area (Å²) >= 11 is 0. The Hall–Kier alpha value is -2.82. The first-order valence-electron chi connectivity index (χ1n) is 8.82. The lowest BCUT2D eigenvalue weighted by Gasteiger charge is -2.24. The topological polar surface area (TPSA) is 77.8 Å². The zero-order valence-electron chi connectivity index (χ0n) is 14.0. The summed E-state index contributed by atoms with van der Waals surface area (Å²) in [5, 5.41) is 4.62. The van der Waals surface area contributed by atoms with Gasteiger partial charge < -0.3 is 15.3 Å². The number of aldehydes is 1. The Bertz CT molecular complexity index is 916. The molecule has 0 atom stereocenters. The van der Waals surface area contributed by atoms with Gasteiger partial charge in [-0.2, -0.15) is 0 Å². The highest BCUT2D eigenvalue weighted by Crippen LogP contribution is 2.37. The standard InChI is InChI=1S/C20H21N3O2/c24-12-18(25)20-19(15-10-21-16-9-5-4-8-14(15)16)17(11-22-20)23-13-6-2-1-3-7-13/h4-5,8-13,21-23H,1-3,6-7H2. The molecule has 0 radical (unpaired) electrons. The fourth-order valence-electron chi connectivity index (χ4n) is 3.82. The number of fused-ring (bicyclic) bond motifs is 1. The second-order valence-corrected chi connectivity index (χ2v) is 6.66. The smallest absolute Gasteiger partial charge is 0.242 e. The maximum Gasteiger partial charge on any atom is 0.242 e. The zero-order chi connectivity index (χ0) is 17.2. The summed E-state index contributed by atoms with van der Waals surface area (Å²) in [5.41, 5.74) is 3.95. The number of aromatic amines is 2. The van der Waals surface area contributed by atoms with Crippen molar-refractivity contribution in [3.8, 4) is 11.1 Å². The number of aromatic nitrogens is 2. The summed E-state index contributed by atoms with van der Waals surface area (Å²) in [6.07, 6.45) is 10.1. The second-order valence-electron chi connectivity index (χ2n) is 6.66. The van der Waals surface area contributed by atoms with E-state index in [0.29, 0.717) is 18.0 Å². The molecule has 3 aromatic rings. The molecule has 0 bridgehead atoms. The number of H-pyrrole nitrogens is 2. The van der Waals surface area contributed by atoms with Crippen LogP contribution in [0.2, 0.25) is 0 Å². The summed E-state index contributed by atoms with van der Waals surface area (Å²) in [6.45, 7) is 0. The predicted molar refractivity (Wildman–Crippen MR) is 99.0 cm³/mol. The number of anilines is 1. The highest BCUT2D eigenvalue weighted by molar-refractivity contribution is 6.35. The van der Waals surface area contributed by atoms with Gasteiger partial charge in [-0.25, -0.2) is 0 Å². The van der Waals surface area contributed by atoms with Gasteiger partial charge in [0.25, 0.3) is 0 Å². The van der Waals surface area contributed by atoms with E-state index in [1.807, 2.05) is 36.7 Å². The van der Waals surface area contributed by atoms with Crippen molar-refractivity contribution in [2.45, 2.75) is 38.1 Å². The van der Waals surface area contributed by atoms with Crippen molar-refractivity contribution in [3.63, 3.8) is 0 Å². The summed E-state index contributed by atoms with van der Waals surface area (Å²) in [6, 6.07) is 8.38. The minimum absolute atomic E-state index is 0.345. The van der Waals surface area contributed by atoms with Crippen LogP contribution in [0.1, 0.15) is 42.6 Å². The summed E-state index contributed by atoms with van der Waals surface area (Å²) < 4.78 is 0. The quantitative estimate of drug-likeness (QED) is 0.370. The maximum absolute atomic E-state index is 12.1. The number of nitrogens with one attached hydrogen (secondary N) is 3. The van der Waals surface area contributed by atoms with Crippen molar-refractivity contribution in [2.75, 3.05) is 5.32 Å². The van der Waals surface area contributed by atoms with Gasteiger partial charge in [-0.1, -0.05) is 37.5 Å². The third-order valence-electron chi connectivity index (χ3n) is 5.06. The van der Waals surface area contributed by atoms with E-state index in [4.69, 9.17) is 0 Å². The monoisotopic (exact) mass is 335 g/mol. The molecule has 1 saturated carbocycles. The number of ketones is 1. The third kappa shape index (κ3) is 2.86. The van der Waals surface area contributed by atoms with Crippen LogP contribution in [0, 0.1) is 0 Å². The van der Waals surface area contributed by atoms with Crippen LogP contribution in [0.15, 0.2) is 36.7 Å². The molecule has 0 amide bonds. The van der Waals surface area contributed by atoms with E-state index in [1.54, 1.807) is 0 Å². The third-order valence-corrected chi connectivity index (χ3v) is 5.06. The van der Waals surface area contributed by atoms with E-state index in [9.17, 15) is 9.59 Å². The first kappa shape index (κ1) is 15.7. The molecular weight excluding hydrogens is 314 g/mol. The number of rotatable bonds is 5. The minimum Gasteiger partial charge on any atom is -0.381 e. The molecular formula is C20H21N3O2. The lowest BCUT2D eigenvalue weighted by molar-refractivity contribution is -0.104. The fourth-order valence-corrected chi connectivity index (χ4v) is 3.82. The molecule has 0 aliphatic heterocycles. The van der Waals surface area contributed by atoms with E-state index in [0.717, 1.165) is 40.6 Å². The first-order chi connectivity index (χ1) is 12.3. The highest BCUT2D eigenvalue weighted by atomic mass is 16.2. The average Bonchev–Trinajstić information content (AvgIpc) is 3.25. The van der Waals surface area contributed by atoms with Crippen molar-refractivity contribution in [1.29, 1.82) is 0 Å². The van der Waals surface area contributed by atoms with Crippen LogP contribution in [0.25, 0.3) is 22.0 Å². The van der Waals surface area contributed by atoms with E-state index < -0.39 is 5.78 Å². The number of carbonyl (C=O) groups is 2. The molecule has 1 aliphatic rings. The van der Waals surface area contributed by atoms with Crippen molar-refractivity contribution in [3.05, 3.63) is 42.4 Å². The van der Waals surface area contributed by atoms with Crippen LogP contribution in [-0.4, -0.2) is 28.1 Å². The summed E-state index contributed by atoms with van der Waals surface area (Å²) in [4.78, 5) is 29.5. The molecule has 25 heavy (non-hydrogen) atoms. The lowest BCUT2D eigenvalue weighted by atomic mass is 9.94. The minimum atomic E-state index is -0.531. The SMILES string of the molecule is O=CC(=O)c1[nH]cc(NC2CCCCC2)c1-c1c[nH]c2ccccc12. The van der Waals surface area contributed by atoms with Gasteiger partial charge in [0.2, 0.25) is 5.78 Å². The Morgan fingerprint density at radius 1 is 1.08 bits per heavy atom. The van der Waals surface area contributed by atoms with E-state index in [1.165, 1.54) is 19.3 Å². The number of para-hydroxylation sites is 1. The predicted octanol–water partition coefficient (Wildman–Crippen LogP) is 4.29. The second kappa shape index (κ2) is 6.59. The number of benzene rings is 1. The molecule has 0 saturated heterocycles. The van der Waals surface area contributed by atoms with Gasteiger partial charge in [-0.3, -0.25) is 9.59 Å². The molecule has 2 aromatic heterocycles. The fraction of sp³-hybridized carbons (Fsp3) is 0.300. The normalized spacial score (nSPS) is 15.4. The molecule has 1 aliphatic carbocycles. The highest BCUT2D eigenvalue weighted by Gasteiger charge is 2.23. The Balaban J connectivity index is 1.81. The van der Waals surface area contributed by atoms with Crippen molar-refractivity contribution >= 4 is 28.7 Å². The molecule has 0 unspecified atom stereocenters. The number of carbonyl (C=O) groups excluding carboxylic acids is 2. The summed E-state index contributed by atoms with van der Waals surface area (Å²) in [7, 11) is 0. The van der Waals surface area contributed by atoms with Gasteiger partial charge >= 0.3 is 0 Å². The van der Waals surface area contributed by atoms with Crippen molar-refractivity contribution in [2.24, 2.45) is 0 Å². The van der Waals surface area contributed by atoms with Crippen LogP contribution in [-0.2, 0) is 4.79 Å². The molecule has 0 spiro atoms. The van der Waals surface area contributed by atoms with Gasteiger partial charge in [-0.05, 0) is 18.9 Å². The van der Waals surface area contributed by atoms with Gasteiger partial charge in [0.1, 0.15) is 0 Å². The molecule has 1 fully saturated rings.